The first-order valence-electron chi connectivity index (χ1n) is 7.16. The molecule has 2 aliphatic heterocycles. The number of aliphatic hydroxyl groups excluding tert-OH is 1. The van der Waals surface area contributed by atoms with E-state index in [-0.39, 0.29) is 6.10 Å². The first-order valence-corrected chi connectivity index (χ1v) is 7.16. The van der Waals surface area contributed by atoms with Crippen molar-refractivity contribution in [1.82, 2.24) is 10.2 Å². The van der Waals surface area contributed by atoms with E-state index in [4.69, 9.17) is 0 Å². The minimum Gasteiger partial charge on any atom is -0.392 e. The Morgan fingerprint density at radius 1 is 1.42 bits per heavy atom. The van der Waals surface area contributed by atoms with Gasteiger partial charge in [-0.05, 0) is 42.5 Å². The second kappa shape index (κ2) is 5.35. The quantitative estimate of drug-likeness (QED) is 0.869. The maximum Gasteiger partial charge on any atom is 0.0679 e. The van der Waals surface area contributed by atoms with Crippen LogP contribution in [0.25, 0.3) is 6.08 Å². The van der Waals surface area contributed by atoms with Crippen molar-refractivity contribution in [3.05, 3.63) is 40.6 Å². The van der Waals surface area contributed by atoms with Crippen LogP contribution in [-0.2, 0) is 6.54 Å². The van der Waals surface area contributed by atoms with E-state index in [9.17, 15) is 5.11 Å². The van der Waals surface area contributed by atoms with Gasteiger partial charge in [-0.15, -0.1) is 0 Å². The second-order valence-electron chi connectivity index (χ2n) is 5.66. The van der Waals surface area contributed by atoms with Gasteiger partial charge in [-0.3, -0.25) is 0 Å². The zero-order chi connectivity index (χ0) is 13.2. The van der Waals surface area contributed by atoms with E-state index in [0.717, 1.165) is 39.0 Å². The summed E-state index contributed by atoms with van der Waals surface area (Å²) in [5, 5.41) is 13.0. The molecule has 0 unspecified atom stereocenters. The highest BCUT2D eigenvalue weighted by molar-refractivity contribution is 5.62. The van der Waals surface area contributed by atoms with Gasteiger partial charge in [-0.1, -0.05) is 18.2 Å². The van der Waals surface area contributed by atoms with Crippen LogP contribution in [0.3, 0.4) is 0 Å². The third kappa shape index (κ3) is 2.82. The molecule has 1 aromatic rings. The molecule has 0 amide bonds. The molecule has 2 heterocycles. The lowest BCUT2D eigenvalue weighted by Gasteiger charge is -2.22. The monoisotopic (exact) mass is 258 g/mol. The first kappa shape index (κ1) is 12.7. The summed E-state index contributed by atoms with van der Waals surface area (Å²) in [4.78, 5) is 2.35. The van der Waals surface area contributed by atoms with Crippen molar-refractivity contribution in [2.24, 2.45) is 0 Å². The number of benzene rings is 1. The van der Waals surface area contributed by atoms with Gasteiger partial charge in [0.2, 0.25) is 0 Å². The number of likely N-dealkylation sites (tertiary alicyclic amines) is 1. The molecule has 2 N–H and O–H groups in total. The summed E-state index contributed by atoms with van der Waals surface area (Å²) in [5.41, 5.74) is 5.45. The Balaban J connectivity index is 1.65. The summed E-state index contributed by atoms with van der Waals surface area (Å²) >= 11 is 0. The highest BCUT2D eigenvalue weighted by atomic mass is 16.3. The highest BCUT2D eigenvalue weighted by Gasteiger charge is 2.20. The molecule has 3 rings (SSSR count). The van der Waals surface area contributed by atoms with Gasteiger partial charge < -0.3 is 15.3 Å². The van der Waals surface area contributed by atoms with Gasteiger partial charge in [0.15, 0.2) is 0 Å². The number of β-amino-alcohol motifs (C(OH)–C–C–N with tert-alkyl or cyclic N) is 1. The molecule has 0 spiro atoms. The Bertz CT molecular complexity index is 496. The Kier molecular flexibility index (Phi) is 3.58. The van der Waals surface area contributed by atoms with Crippen LogP contribution in [0.15, 0.2) is 23.9 Å². The molecule has 0 radical (unpaired) electrons. The van der Waals surface area contributed by atoms with Crippen molar-refractivity contribution in [3.63, 3.8) is 0 Å². The van der Waals surface area contributed by atoms with Gasteiger partial charge in [0.25, 0.3) is 0 Å². The molecule has 1 atom stereocenters. The fourth-order valence-electron chi connectivity index (χ4n) is 2.99. The van der Waals surface area contributed by atoms with E-state index in [1.54, 1.807) is 0 Å². The van der Waals surface area contributed by atoms with Gasteiger partial charge in [0.05, 0.1) is 6.10 Å². The fourth-order valence-corrected chi connectivity index (χ4v) is 2.99. The van der Waals surface area contributed by atoms with Crippen LogP contribution in [0, 0.1) is 6.92 Å². The summed E-state index contributed by atoms with van der Waals surface area (Å²) in [5.74, 6) is 0. The topological polar surface area (TPSA) is 35.5 Å². The molecule has 1 saturated heterocycles. The van der Waals surface area contributed by atoms with Gasteiger partial charge in [-0.2, -0.15) is 0 Å². The number of hydrogen-bond donors (Lipinski definition) is 2. The van der Waals surface area contributed by atoms with Crippen LogP contribution in [0.2, 0.25) is 0 Å². The first-order chi connectivity index (χ1) is 9.22. The molecule has 0 bridgehead atoms. The Labute approximate surface area is 114 Å². The van der Waals surface area contributed by atoms with Crippen LogP contribution < -0.4 is 5.32 Å². The van der Waals surface area contributed by atoms with Gasteiger partial charge in [0, 0.05) is 31.9 Å². The smallest absolute Gasteiger partial charge is 0.0679 e. The number of nitrogens with zero attached hydrogens (tertiary/aromatic N) is 1. The van der Waals surface area contributed by atoms with Crippen molar-refractivity contribution in [3.8, 4) is 0 Å². The molecule has 19 heavy (non-hydrogen) atoms. The lowest BCUT2D eigenvalue weighted by atomic mass is 9.97. The van der Waals surface area contributed by atoms with E-state index in [1.165, 1.54) is 22.4 Å². The SMILES string of the molecule is Cc1cccc2c1C=C(CCN1CC[C@H](O)C1)NC2. The standard InChI is InChI=1S/C16H22N2O/c1-12-3-2-4-13-10-17-14(9-16(12)13)5-7-18-8-6-15(19)11-18/h2-4,9,15,17,19H,5-8,10-11H2,1H3/t15-/m0/s1. The molecular weight excluding hydrogens is 236 g/mol. The normalized spacial score (nSPS) is 22.8. The van der Waals surface area contributed by atoms with Crippen molar-refractivity contribution >= 4 is 6.08 Å². The molecule has 1 aromatic carbocycles. The van der Waals surface area contributed by atoms with E-state index < -0.39 is 0 Å². The Morgan fingerprint density at radius 3 is 3.11 bits per heavy atom. The molecule has 3 nitrogen and oxygen atoms in total. The van der Waals surface area contributed by atoms with E-state index in [1.807, 2.05) is 0 Å². The number of hydrogen-bond acceptors (Lipinski definition) is 3. The second-order valence-corrected chi connectivity index (χ2v) is 5.66. The zero-order valence-electron chi connectivity index (χ0n) is 11.5. The summed E-state index contributed by atoms with van der Waals surface area (Å²) < 4.78 is 0. The van der Waals surface area contributed by atoms with Gasteiger partial charge in [-0.25, -0.2) is 0 Å². The summed E-state index contributed by atoms with van der Waals surface area (Å²) in [6, 6.07) is 6.49. The molecule has 0 saturated carbocycles. The van der Waals surface area contributed by atoms with Crippen LogP contribution in [-0.4, -0.2) is 35.7 Å². The van der Waals surface area contributed by atoms with Crippen molar-refractivity contribution in [1.29, 1.82) is 0 Å². The Morgan fingerprint density at radius 2 is 2.32 bits per heavy atom. The molecule has 2 aliphatic rings. The molecule has 1 fully saturated rings. The number of aliphatic hydroxyl groups is 1. The molecule has 0 aromatic heterocycles. The van der Waals surface area contributed by atoms with Crippen LogP contribution in [0.4, 0.5) is 0 Å². The predicted octanol–water partition coefficient (Wildman–Crippen LogP) is 1.90. The largest absolute Gasteiger partial charge is 0.392 e. The lowest BCUT2D eigenvalue weighted by Crippen LogP contribution is -2.26. The third-order valence-corrected chi connectivity index (χ3v) is 4.18. The summed E-state index contributed by atoms with van der Waals surface area (Å²) in [6.45, 7) is 6.02. The number of nitrogens with one attached hydrogen (secondary N) is 1. The Hall–Kier alpha value is -1.32. The van der Waals surface area contributed by atoms with Crippen LogP contribution in [0.1, 0.15) is 29.5 Å². The van der Waals surface area contributed by atoms with Crippen LogP contribution in [0.5, 0.6) is 0 Å². The van der Waals surface area contributed by atoms with E-state index in [0.29, 0.717) is 0 Å². The van der Waals surface area contributed by atoms with Crippen molar-refractivity contribution in [2.75, 3.05) is 19.6 Å². The van der Waals surface area contributed by atoms with E-state index >= 15 is 0 Å². The van der Waals surface area contributed by atoms with Crippen molar-refractivity contribution in [2.45, 2.75) is 32.4 Å². The average molecular weight is 258 g/mol. The summed E-state index contributed by atoms with van der Waals surface area (Å²) in [6.07, 6.45) is 4.14. The number of rotatable bonds is 3. The van der Waals surface area contributed by atoms with Crippen molar-refractivity contribution < 1.29 is 5.11 Å². The average Bonchev–Trinajstić information content (AvgIpc) is 2.83. The summed E-state index contributed by atoms with van der Waals surface area (Å²) in [7, 11) is 0. The molecule has 102 valence electrons. The van der Waals surface area contributed by atoms with Gasteiger partial charge >= 0.3 is 0 Å². The number of aryl methyl sites for hydroxylation is 1. The molecular formula is C16H22N2O. The molecule has 0 aliphatic carbocycles. The predicted molar refractivity (Wildman–Crippen MR) is 77.7 cm³/mol. The zero-order valence-corrected chi connectivity index (χ0v) is 11.5. The minimum atomic E-state index is -0.115. The third-order valence-electron chi connectivity index (χ3n) is 4.18. The minimum absolute atomic E-state index is 0.115. The lowest BCUT2D eigenvalue weighted by molar-refractivity contribution is 0.176. The van der Waals surface area contributed by atoms with Crippen LogP contribution >= 0.6 is 0 Å². The highest BCUT2D eigenvalue weighted by Crippen LogP contribution is 2.23. The maximum atomic E-state index is 9.53. The number of fused-ring (bicyclic) bond motifs is 1. The van der Waals surface area contributed by atoms with Gasteiger partial charge in [0.1, 0.15) is 0 Å². The van der Waals surface area contributed by atoms with E-state index in [2.05, 4.69) is 41.4 Å². The maximum absolute atomic E-state index is 9.53. The molecule has 3 heteroatoms. The fraction of sp³-hybridized carbons (Fsp3) is 0.500.